The third-order valence-corrected chi connectivity index (χ3v) is 4.34. The van der Waals surface area contributed by atoms with E-state index in [2.05, 4.69) is 5.32 Å². The van der Waals surface area contributed by atoms with Gasteiger partial charge in [0.2, 0.25) is 5.91 Å². The first-order chi connectivity index (χ1) is 12.5. The molecule has 7 nitrogen and oxygen atoms in total. The minimum Gasteiger partial charge on any atom is -0.481 e. The van der Waals surface area contributed by atoms with Gasteiger partial charge in [0.25, 0.3) is 5.91 Å². The van der Waals surface area contributed by atoms with Gasteiger partial charge in [-0.1, -0.05) is 25.1 Å². The van der Waals surface area contributed by atoms with Crippen LogP contribution in [-0.2, 0) is 22.6 Å². The lowest BCUT2D eigenvalue weighted by Crippen LogP contribution is -2.31. The van der Waals surface area contributed by atoms with Crippen molar-refractivity contribution in [1.82, 2.24) is 5.32 Å². The molecule has 0 saturated carbocycles. The van der Waals surface area contributed by atoms with Crippen LogP contribution in [-0.4, -0.2) is 29.4 Å². The molecule has 1 aliphatic rings. The second-order valence-electron chi connectivity index (χ2n) is 6.47. The second-order valence-corrected chi connectivity index (χ2v) is 6.47. The number of nitrogens with zero attached hydrogens (tertiary/aromatic N) is 1. The number of carboxylic acids is 1. The normalized spacial score (nSPS) is 14.2. The summed E-state index contributed by atoms with van der Waals surface area (Å²) in [6.07, 6.45) is 1.74. The van der Waals surface area contributed by atoms with Crippen molar-refractivity contribution in [3.63, 3.8) is 0 Å². The highest BCUT2D eigenvalue weighted by Crippen LogP contribution is 2.30. The molecule has 7 heteroatoms. The van der Waals surface area contributed by atoms with Crippen LogP contribution >= 0.6 is 0 Å². The second kappa shape index (κ2) is 7.43. The Balaban J connectivity index is 1.68. The number of aliphatic carboxylic acids is 1. The highest BCUT2D eigenvalue weighted by Gasteiger charge is 2.28. The van der Waals surface area contributed by atoms with E-state index in [1.165, 1.54) is 6.26 Å². The van der Waals surface area contributed by atoms with Gasteiger partial charge in [-0.15, -0.1) is 0 Å². The summed E-state index contributed by atoms with van der Waals surface area (Å²) >= 11 is 0. The van der Waals surface area contributed by atoms with Crippen molar-refractivity contribution in [3.8, 4) is 0 Å². The number of hydrogen-bond donors (Lipinski definition) is 2. The van der Waals surface area contributed by atoms with Crippen LogP contribution in [0.4, 0.5) is 5.69 Å². The van der Waals surface area contributed by atoms with Gasteiger partial charge in [-0.3, -0.25) is 14.4 Å². The zero-order chi connectivity index (χ0) is 18.7. The summed E-state index contributed by atoms with van der Waals surface area (Å²) in [5, 5.41) is 11.5. The predicted octanol–water partition coefficient (Wildman–Crippen LogP) is 2.21. The van der Waals surface area contributed by atoms with Crippen LogP contribution in [0.15, 0.2) is 41.0 Å². The fourth-order valence-corrected chi connectivity index (χ4v) is 3.04. The number of anilines is 1. The summed E-state index contributed by atoms with van der Waals surface area (Å²) in [5.41, 5.74) is 2.42. The molecule has 0 bridgehead atoms. The Morgan fingerprint density at radius 1 is 1.31 bits per heavy atom. The van der Waals surface area contributed by atoms with Crippen LogP contribution in [0.2, 0.25) is 0 Å². The fourth-order valence-electron chi connectivity index (χ4n) is 3.04. The summed E-state index contributed by atoms with van der Waals surface area (Å²) in [7, 11) is 0. The van der Waals surface area contributed by atoms with Crippen molar-refractivity contribution >= 4 is 23.5 Å². The Morgan fingerprint density at radius 3 is 2.85 bits per heavy atom. The summed E-state index contributed by atoms with van der Waals surface area (Å²) < 4.78 is 5.31. The zero-order valence-electron chi connectivity index (χ0n) is 14.4. The summed E-state index contributed by atoms with van der Waals surface area (Å²) in [5.74, 6) is -1.39. The van der Waals surface area contributed by atoms with Crippen LogP contribution in [0, 0.1) is 5.92 Å². The maximum Gasteiger partial charge on any atom is 0.303 e. The van der Waals surface area contributed by atoms with Gasteiger partial charge in [0.1, 0.15) is 0 Å². The molecule has 0 aliphatic carbocycles. The van der Waals surface area contributed by atoms with E-state index in [0.717, 1.165) is 11.3 Å². The third-order valence-electron chi connectivity index (χ3n) is 4.34. The van der Waals surface area contributed by atoms with Crippen molar-refractivity contribution in [3.05, 3.63) is 53.5 Å². The minimum absolute atomic E-state index is 0.0196. The van der Waals surface area contributed by atoms with E-state index >= 15 is 0 Å². The van der Waals surface area contributed by atoms with Crippen molar-refractivity contribution in [2.75, 3.05) is 11.4 Å². The molecule has 26 heavy (non-hydrogen) atoms. The molecule has 2 N–H and O–H groups in total. The first kappa shape index (κ1) is 17.7. The van der Waals surface area contributed by atoms with Gasteiger partial charge in [-0.05, 0) is 23.6 Å². The number of hydrogen-bond acceptors (Lipinski definition) is 4. The molecule has 3 rings (SSSR count). The Bertz CT molecular complexity index is 842. The summed E-state index contributed by atoms with van der Waals surface area (Å²) in [4.78, 5) is 37.0. The fraction of sp³-hybridized carbons (Fsp3) is 0.316. The number of carboxylic acid groups (broad SMARTS) is 1. The molecular weight excluding hydrogens is 336 g/mol. The smallest absolute Gasteiger partial charge is 0.303 e. The highest BCUT2D eigenvalue weighted by molar-refractivity contribution is 6.01. The molecule has 1 aliphatic heterocycles. The first-order valence-corrected chi connectivity index (χ1v) is 8.40. The Kier molecular flexibility index (Phi) is 5.06. The number of benzene rings is 1. The minimum atomic E-state index is -0.906. The molecule has 0 fully saturated rings. The lowest BCUT2D eigenvalue weighted by atomic mass is 10.1. The number of para-hydroxylation sites is 1. The molecule has 0 radical (unpaired) electrons. The van der Waals surface area contributed by atoms with Crippen molar-refractivity contribution < 1.29 is 23.9 Å². The number of carbonyl (C=O) groups excluding carboxylic acids is 2. The highest BCUT2D eigenvalue weighted by atomic mass is 16.4. The van der Waals surface area contributed by atoms with Gasteiger partial charge < -0.3 is 19.7 Å². The van der Waals surface area contributed by atoms with Crippen molar-refractivity contribution in [2.45, 2.75) is 26.3 Å². The monoisotopic (exact) mass is 356 g/mol. The van der Waals surface area contributed by atoms with Gasteiger partial charge in [0.05, 0.1) is 19.2 Å². The standard InChI is InChI=1S/C19H20N2O5/c1-12(8-17(23)24)10-20-19(25)18-14(6-7-26-18)11-21-15-5-3-2-4-13(15)9-16(21)22/h2-7,12H,8-11H2,1H3,(H,20,25)(H,23,24). The lowest BCUT2D eigenvalue weighted by molar-refractivity contribution is -0.137. The molecule has 2 aromatic rings. The van der Waals surface area contributed by atoms with Crippen LogP contribution < -0.4 is 10.2 Å². The molecule has 0 spiro atoms. The third kappa shape index (κ3) is 3.77. The number of nitrogens with one attached hydrogen (secondary N) is 1. The maximum atomic E-state index is 12.4. The van der Waals surface area contributed by atoms with Gasteiger partial charge in [-0.2, -0.15) is 0 Å². The molecule has 1 atom stereocenters. The van der Waals surface area contributed by atoms with Crippen LogP contribution in [0.25, 0.3) is 0 Å². The molecule has 1 aromatic carbocycles. The molecule has 136 valence electrons. The average molecular weight is 356 g/mol. The van der Waals surface area contributed by atoms with E-state index in [1.54, 1.807) is 17.9 Å². The van der Waals surface area contributed by atoms with Crippen molar-refractivity contribution in [1.29, 1.82) is 0 Å². The Morgan fingerprint density at radius 2 is 2.08 bits per heavy atom. The topological polar surface area (TPSA) is 99.9 Å². The number of furan rings is 1. The van der Waals surface area contributed by atoms with E-state index < -0.39 is 11.9 Å². The largest absolute Gasteiger partial charge is 0.481 e. The summed E-state index contributed by atoms with van der Waals surface area (Å²) in [6, 6.07) is 9.24. The number of carbonyl (C=O) groups is 3. The zero-order valence-corrected chi connectivity index (χ0v) is 14.4. The maximum absolute atomic E-state index is 12.4. The molecule has 1 aromatic heterocycles. The van der Waals surface area contributed by atoms with E-state index in [0.29, 0.717) is 12.0 Å². The van der Waals surface area contributed by atoms with Gasteiger partial charge in [0, 0.05) is 24.2 Å². The van der Waals surface area contributed by atoms with Crippen LogP contribution in [0.3, 0.4) is 0 Å². The van der Waals surface area contributed by atoms with E-state index in [4.69, 9.17) is 9.52 Å². The Labute approximate surface area is 150 Å². The number of amides is 2. The predicted molar refractivity (Wildman–Crippen MR) is 93.8 cm³/mol. The molecule has 0 saturated heterocycles. The van der Waals surface area contributed by atoms with Crippen LogP contribution in [0.1, 0.15) is 35.0 Å². The summed E-state index contributed by atoms with van der Waals surface area (Å²) in [6.45, 7) is 2.23. The number of rotatable bonds is 7. The van der Waals surface area contributed by atoms with E-state index in [9.17, 15) is 14.4 Å². The first-order valence-electron chi connectivity index (χ1n) is 8.40. The van der Waals surface area contributed by atoms with Gasteiger partial charge in [-0.25, -0.2) is 0 Å². The van der Waals surface area contributed by atoms with Crippen LogP contribution in [0.5, 0.6) is 0 Å². The van der Waals surface area contributed by atoms with Gasteiger partial charge >= 0.3 is 5.97 Å². The number of fused-ring (bicyclic) bond motifs is 1. The molecular formula is C19H20N2O5. The molecule has 2 amide bonds. The Hall–Kier alpha value is -3.09. The van der Waals surface area contributed by atoms with Gasteiger partial charge in [0.15, 0.2) is 5.76 Å². The van der Waals surface area contributed by atoms with E-state index in [1.807, 2.05) is 24.3 Å². The van der Waals surface area contributed by atoms with Crippen molar-refractivity contribution in [2.24, 2.45) is 5.92 Å². The van der Waals surface area contributed by atoms with E-state index in [-0.39, 0.29) is 37.1 Å². The quantitative estimate of drug-likeness (QED) is 0.792. The lowest BCUT2D eigenvalue weighted by Gasteiger charge is -2.17. The average Bonchev–Trinajstić information content (AvgIpc) is 3.17. The SMILES string of the molecule is CC(CNC(=O)c1occc1CN1C(=O)Cc2ccccc21)CC(=O)O. The molecule has 2 heterocycles. The molecule has 1 unspecified atom stereocenters.